The van der Waals surface area contributed by atoms with Gasteiger partial charge in [-0.2, -0.15) is 0 Å². The molecular formula is C14H22O2. The van der Waals surface area contributed by atoms with Gasteiger partial charge in [0.25, 0.3) is 0 Å². The van der Waals surface area contributed by atoms with Gasteiger partial charge in [-0.15, -0.1) is 0 Å². The van der Waals surface area contributed by atoms with E-state index in [1.165, 1.54) is 0 Å². The first-order valence-electron chi connectivity index (χ1n) is 5.90. The van der Waals surface area contributed by atoms with E-state index in [-0.39, 0.29) is 17.6 Å². The average Bonchev–Trinajstić information content (AvgIpc) is 2.20. The molecule has 1 aliphatic rings. The lowest BCUT2D eigenvalue weighted by Gasteiger charge is -2.35. The number of aliphatic hydroxyl groups is 1. The van der Waals surface area contributed by atoms with E-state index >= 15 is 0 Å². The fourth-order valence-corrected chi connectivity index (χ4v) is 2.39. The molecule has 0 heterocycles. The zero-order chi connectivity index (χ0) is 12.5. The van der Waals surface area contributed by atoms with Crippen molar-refractivity contribution in [2.24, 2.45) is 17.8 Å². The average molecular weight is 222 g/mol. The van der Waals surface area contributed by atoms with Gasteiger partial charge in [0, 0.05) is 0 Å². The third-order valence-corrected chi connectivity index (χ3v) is 3.55. The number of hydrogen-bond donors (Lipinski definition) is 1. The molecule has 2 nitrogen and oxygen atoms in total. The molecule has 0 aromatic carbocycles. The molecule has 0 aromatic heterocycles. The molecule has 1 unspecified atom stereocenters. The molecule has 0 saturated heterocycles. The largest absolute Gasteiger partial charge is 0.388 e. The Bertz CT molecular complexity index is 326. The molecule has 16 heavy (non-hydrogen) atoms. The van der Waals surface area contributed by atoms with E-state index < -0.39 is 6.10 Å². The summed E-state index contributed by atoms with van der Waals surface area (Å²) in [6.07, 6.45) is 2.17. The van der Waals surface area contributed by atoms with Crippen molar-refractivity contribution in [2.45, 2.75) is 40.2 Å². The van der Waals surface area contributed by atoms with Gasteiger partial charge in [-0.3, -0.25) is 4.79 Å². The summed E-state index contributed by atoms with van der Waals surface area (Å²) < 4.78 is 0. The molecule has 0 bridgehead atoms. The molecule has 0 radical (unpaired) electrons. The first kappa shape index (κ1) is 13.2. The third-order valence-electron chi connectivity index (χ3n) is 3.55. The van der Waals surface area contributed by atoms with Gasteiger partial charge < -0.3 is 5.11 Å². The molecule has 0 spiro atoms. The maximum absolute atomic E-state index is 12.1. The summed E-state index contributed by atoms with van der Waals surface area (Å²) in [7, 11) is 0. The summed E-state index contributed by atoms with van der Waals surface area (Å²) in [6, 6.07) is 0. The number of hydrogen-bond acceptors (Lipinski definition) is 2. The van der Waals surface area contributed by atoms with E-state index in [2.05, 4.69) is 20.4 Å². The molecule has 1 N–H and O–H groups in total. The van der Waals surface area contributed by atoms with Gasteiger partial charge in [-0.05, 0) is 37.7 Å². The highest BCUT2D eigenvalue weighted by molar-refractivity contribution is 5.98. The summed E-state index contributed by atoms with van der Waals surface area (Å²) >= 11 is 0. The van der Waals surface area contributed by atoms with E-state index in [0.29, 0.717) is 11.5 Å². The van der Waals surface area contributed by atoms with Crippen LogP contribution >= 0.6 is 0 Å². The minimum atomic E-state index is -0.705. The minimum absolute atomic E-state index is 0.0838. The molecule has 3 atom stereocenters. The lowest BCUT2D eigenvalue weighted by molar-refractivity contribution is -0.125. The van der Waals surface area contributed by atoms with E-state index in [1.54, 1.807) is 6.92 Å². The Kier molecular flexibility index (Phi) is 4.09. The molecule has 1 rings (SSSR count). The highest BCUT2D eigenvalue weighted by atomic mass is 16.3. The summed E-state index contributed by atoms with van der Waals surface area (Å²) in [5.74, 6) is 0.401. The minimum Gasteiger partial charge on any atom is -0.388 e. The molecule has 0 amide bonds. The van der Waals surface area contributed by atoms with Crippen LogP contribution in [0.2, 0.25) is 0 Å². The number of Topliss-reactive ketones (excluding diaryl/α,β-unsaturated/α-hetero) is 1. The van der Waals surface area contributed by atoms with Crippen molar-refractivity contribution in [1.82, 2.24) is 0 Å². The SMILES string of the molecule is C=C(C)[C@@H](O)C1C(=O)C(C)=CC[C@H]1C(C)C. The molecule has 0 saturated carbocycles. The molecular weight excluding hydrogens is 200 g/mol. The van der Waals surface area contributed by atoms with Gasteiger partial charge in [0.1, 0.15) is 0 Å². The van der Waals surface area contributed by atoms with Crippen LogP contribution in [0.15, 0.2) is 23.8 Å². The van der Waals surface area contributed by atoms with Crippen molar-refractivity contribution >= 4 is 5.78 Å². The van der Waals surface area contributed by atoms with Crippen LogP contribution in [-0.4, -0.2) is 17.0 Å². The number of allylic oxidation sites excluding steroid dienone is 2. The van der Waals surface area contributed by atoms with Crippen LogP contribution < -0.4 is 0 Å². The Hall–Kier alpha value is -0.890. The van der Waals surface area contributed by atoms with Crippen molar-refractivity contribution in [3.63, 3.8) is 0 Å². The molecule has 0 fully saturated rings. The predicted molar refractivity (Wildman–Crippen MR) is 66.0 cm³/mol. The second kappa shape index (κ2) is 4.96. The summed E-state index contributed by atoms with van der Waals surface area (Å²) in [5.41, 5.74) is 1.46. The number of ketones is 1. The number of carbonyl (C=O) groups is 1. The van der Waals surface area contributed by atoms with Crippen molar-refractivity contribution in [1.29, 1.82) is 0 Å². The Morgan fingerprint density at radius 3 is 2.56 bits per heavy atom. The smallest absolute Gasteiger partial charge is 0.164 e. The fraction of sp³-hybridized carbons (Fsp3) is 0.643. The molecule has 90 valence electrons. The molecule has 0 aromatic rings. The highest BCUT2D eigenvalue weighted by Gasteiger charge is 2.38. The Morgan fingerprint density at radius 1 is 1.56 bits per heavy atom. The maximum atomic E-state index is 12.1. The zero-order valence-electron chi connectivity index (χ0n) is 10.7. The Balaban J connectivity index is 3.03. The molecule has 2 heteroatoms. The summed E-state index contributed by atoms with van der Waals surface area (Å²) in [6.45, 7) is 11.6. The number of rotatable bonds is 3. The second-order valence-electron chi connectivity index (χ2n) is 5.21. The summed E-state index contributed by atoms with van der Waals surface area (Å²) in [4.78, 5) is 12.1. The van der Waals surface area contributed by atoms with Gasteiger partial charge in [-0.1, -0.05) is 32.1 Å². The molecule has 0 aliphatic heterocycles. The zero-order valence-corrected chi connectivity index (χ0v) is 10.7. The van der Waals surface area contributed by atoms with Crippen LogP contribution in [0.3, 0.4) is 0 Å². The van der Waals surface area contributed by atoms with Crippen molar-refractivity contribution in [3.05, 3.63) is 23.8 Å². The monoisotopic (exact) mass is 222 g/mol. The van der Waals surface area contributed by atoms with E-state index in [9.17, 15) is 9.90 Å². The van der Waals surface area contributed by atoms with Gasteiger partial charge >= 0.3 is 0 Å². The second-order valence-corrected chi connectivity index (χ2v) is 5.21. The first-order valence-corrected chi connectivity index (χ1v) is 5.90. The predicted octanol–water partition coefficient (Wildman–Crippen LogP) is 2.73. The van der Waals surface area contributed by atoms with Gasteiger partial charge in [0.2, 0.25) is 0 Å². The lowest BCUT2D eigenvalue weighted by atomic mass is 9.70. The number of carbonyl (C=O) groups excluding carboxylic acids is 1. The van der Waals surface area contributed by atoms with Gasteiger partial charge in [0.15, 0.2) is 5.78 Å². The van der Waals surface area contributed by atoms with Gasteiger partial charge in [-0.25, -0.2) is 0 Å². The van der Waals surface area contributed by atoms with Crippen LogP contribution in [-0.2, 0) is 4.79 Å². The Morgan fingerprint density at radius 2 is 2.12 bits per heavy atom. The summed E-state index contributed by atoms with van der Waals surface area (Å²) in [5, 5.41) is 10.1. The lowest BCUT2D eigenvalue weighted by Crippen LogP contribution is -2.40. The first-order chi connectivity index (χ1) is 7.36. The topological polar surface area (TPSA) is 37.3 Å². The Labute approximate surface area is 98.1 Å². The third kappa shape index (κ3) is 2.43. The van der Waals surface area contributed by atoms with E-state index in [4.69, 9.17) is 0 Å². The van der Waals surface area contributed by atoms with Crippen molar-refractivity contribution in [2.75, 3.05) is 0 Å². The van der Waals surface area contributed by atoms with E-state index in [0.717, 1.165) is 12.0 Å². The highest BCUT2D eigenvalue weighted by Crippen LogP contribution is 2.35. The van der Waals surface area contributed by atoms with Crippen LogP contribution in [0.5, 0.6) is 0 Å². The van der Waals surface area contributed by atoms with Crippen molar-refractivity contribution < 1.29 is 9.90 Å². The fourth-order valence-electron chi connectivity index (χ4n) is 2.39. The van der Waals surface area contributed by atoms with Gasteiger partial charge in [0.05, 0.1) is 12.0 Å². The van der Waals surface area contributed by atoms with Crippen LogP contribution in [0.25, 0.3) is 0 Å². The quantitative estimate of drug-likeness (QED) is 0.745. The normalized spacial score (nSPS) is 27.9. The maximum Gasteiger partial charge on any atom is 0.164 e. The standard InChI is InChI=1S/C14H22O2/c1-8(2)11-7-6-10(5)14(16)12(11)13(15)9(3)4/h6,8,11-13,15H,3,7H2,1-2,4-5H3/t11-,12?,13+/m0/s1. The van der Waals surface area contributed by atoms with Crippen molar-refractivity contribution in [3.8, 4) is 0 Å². The van der Waals surface area contributed by atoms with Crippen LogP contribution in [0.4, 0.5) is 0 Å². The van der Waals surface area contributed by atoms with E-state index in [1.807, 2.05) is 13.0 Å². The molecule has 1 aliphatic carbocycles. The number of aliphatic hydroxyl groups excluding tert-OH is 1. The van der Waals surface area contributed by atoms with Crippen LogP contribution in [0.1, 0.15) is 34.1 Å². The van der Waals surface area contributed by atoms with Crippen LogP contribution in [0, 0.1) is 17.8 Å².